The minimum Gasteiger partial charge on any atom is -0.481 e. The fraction of sp³-hybridized carbons (Fsp3) is 0.462. The zero-order chi connectivity index (χ0) is 13.4. The predicted molar refractivity (Wildman–Crippen MR) is 65.8 cm³/mol. The second-order valence-electron chi connectivity index (χ2n) is 4.05. The Hall–Kier alpha value is -1.62. The van der Waals surface area contributed by atoms with Gasteiger partial charge in [0.2, 0.25) is 0 Å². The van der Waals surface area contributed by atoms with E-state index >= 15 is 0 Å². The number of rotatable bonds is 7. The molecule has 18 heavy (non-hydrogen) atoms. The zero-order valence-electron chi connectivity index (χ0n) is 10.4. The number of benzene rings is 1. The molecular weight excluding hydrogens is 237 g/mol. The van der Waals surface area contributed by atoms with E-state index in [1.807, 2.05) is 6.92 Å². The molecule has 0 aromatic heterocycles. The molecular formula is C13H18FNO3. The molecule has 0 aliphatic rings. The third-order valence-electron chi connectivity index (χ3n) is 2.40. The highest BCUT2D eigenvalue weighted by Gasteiger charge is 2.09. The van der Waals surface area contributed by atoms with Crippen molar-refractivity contribution < 1.29 is 19.0 Å². The van der Waals surface area contributed by atoms with Gasteiger partial charge in [-0.15, -0.1) is 0 Å². The molecule has 1 aromatic rings. The molecule has 1 amide bonds. The molecule has 5 heteroatoms. The van der Waals surface area contributed by atoms with Crippen LogP contribution in [-0.2, 0) is 4.79 Å². The lowest BCUT2D eigenvalue weighted by molar-refractivity contribution is -0.123. The van der Waals surface area contributed by atoms with E-state index in [0.29, 0.717) is 12.8 Å². The van der Waals surface area contributed by atoms with Gasteiger partial charge in [-0.2, -0.15) is 0 Å². The quantitative estimate of drug-likeness (QED) is 0.776. The number of carbonyl (C=O) groups excluding carboxylic acids is 1. The number of ether oxygens (including phenoxy) is 1. The molecule has 0 spiro atoms. The van der Waals surface area contributed by atoms with Crippen LogP contribution in [0.4, 0.5) is 4.39 Å². The van der Waals surface area contributed by atoms with Crippen LogP contribution >= 0.6 is 0 Å². The van der Waals surface area contributed by atoms with Crippen LogP contribution in [0.25, 0.3) is 0 Å². The van der Waals surface area contributed by atoms with Crippen molar-refractivity contribution in [1.29, 1.82) is 0 Å². The number of hydrogen-bond donors (Lipinski definition) is 2. The molecule has 0 fully saturated rings. The van der Waals surface area contributed by atoms with Crippen LogP contribution in [0.15, 0.2) is 24.3 Å². The molecule has 1 unspecified atom stereocenters. The van der Waals surface area contributed by atoms with E-state index < -0.39 is 5.82 Å². The Morgan fingerprint density at radius 3 is 2.89 bits per heavy atom. The summed E-state index contributed by atoms with van der Waals surface area (Å²) in [6.07, 6.45) is 1.33. The summed E-state index contributed by atoms with van der Waals surface area (Å²) in [7, 11) is 0. The molecule has 0 saturated heterocycles. The van der Waals surface area contributed by atoms with E-state index in [4.69, 9.17) is 9.84 Å². The Morgan fingerprint density at radius 1 is 1.50 bits per heavy atom. The van der Waals surface area contributed by atoms with Gasteiger partial charge in [0.15, 0.2) is 18.2 Å². The average Bonchev–Trinajstić information content (AvgIpc) is 2.35. The minimum absolute atomic E-state index is 0.0335. The Bertz CT molecular complexity index is 384. The van der Waals surface area contributed by atoms with Crippen LogP contribution in [0.3, 0.4) is 0 Å². The molecule has 0 aliphatic heterocycles. The van der Waals surface area contributed by atoms with Crippen molar-refractivity contribution >= 4 is 5.91 Å². The molecule has 0 radical (unpaired) electrons. The summed E-state index contributed by atoms with van der Waals surface area (Å²) in [5, 5.41) is 11.4. The van der Waals surface area contributed by atoms with Gasteiger partial charge in [-0.3, -0.25) is 4.79 Å². The van der Waals surface area contributed by atoms with Crippen molar-refractivity contribution in [1.82, 2.24) is 5.32 Å². The van der Waals surface area contributed by atoms with E-state index in [0.717, 1.165) is 0 Å². The van der Waals surface area contributed by atoms with Crippen LogP contribution in [0.5, 0.6) is 5.75 Å². The molecule has 0 saturated carbocycles. The second-order valence-corrected chi connectivity index (χ2v) is 4.05. The lowest BCUT2D eigenvalue weighted by Gasteiger charge is -2.13. The zero-order valence-corrected chi connectivity index (χ0v) is 10.4. The first kappa shape index (κ1) is 14.4. The van der Waals surface area contributed by atoms with Crippen molar-refractivity contribution in [3.63, 3.8) is 0 Å². The number of amides is 1. The predicted octanol–water partition coefficient (Wildman–Crippen LogP) is 1.48. The number of halogens is 1. The van der Waals surface area contributed by atoms with Gasteiger partial charge in [0, 0.05) is 12.6 Å². The maximum absolute atomic E-state index is 13.2. The first-order valence-electron chi connectivity index (χ1n) is 5.91. The average molecular weight is 255 g/mol. The minimum atomic E-state index is -0.487. The van der Waals surface area contributed by atoms with Gasteiger partial charge >= 0.3 is 0 Å². The molecule has 1 rings (SSSR count). The summed E-state index contributed by atoms with van der Waals surface area (Å²) >= 11 is 0. The second kappa shape index (κ2) is 7.66. The summed E-state index contributed by atoms with van der Waals surface area (Å²) in [6, 6.07) is 5.91. The molecule has 0 aliphatic carbocycles. The van der Waals surface area contributed by atoms with Crippen LogP contribution < -0.4 is 10.1 Å². The summed E-state index contributed by atoms with van der Waals surface area (Å²) < 4.78 is 18.3. The number of hydrogen-bond acceptors (Lipinski definition) is 3. The van der Waals surface area contributed by atoms with E-state index in [9.17, 15) is 9.18 Å². The highest BCUT2D eigenvalue weighted by atomic mass is 19.1. The number of carbonyl (C=O) groups is 1. The van der Waals surface area contributed by atoms with E-state index in [-0.39, 0.29) is 30.9 Å². The molecule has 100 valence electrons. The van der Waals surface area contributed by atoms with E-state index in [1.165, 1.54) is 12.1 Å². The number of nitrogens with one attached hydrogen (secondary N) is 1. The SMILES string of the molecule is CC(CCCO)NC(=O)COc1ccccc1F. The first-order chi connectivity index (χ1) is 8.63. The summed E-state index contributed by atoms with van der Waals surface area (Å²) in [5.41, 5.74) is 0. The summed E-state index contributed by atoms with van der Waals surface area (Å²) in [6.45, 7) is 1.73. The third kappa shape index (κ3) is 5.14. The topological polar surface area (TPSA) is 58.6 Å². The van der Waals surface area contributed by atoms with E-state index in [2.05, 4.69) is 5.32 Å². The molecule has 4 nitrogen and oxygen atoms in total. The monoisotopic (exact) mass is 255 g/mol. The van der Waals surface area contributed by atoms with Crippen molar-refractivity contribution in [2.45, 2.75) is 25.8 Å². The van der Waals surface area contributed by atoms with Crippen molar-refractivity contribution in [2.24, 2.45) is 0 Å². The fourth-order valence-electron chi connectivity index (χ4n) is 1.49. The third-order valence-corrected chi connectivity index (χ3v) is 2.40. The van der Waals surface area contributed by atoms with Gasteiger partial charge in [-0.1, -0.05) is 12.1 Å². The van der Waals surface area contributed by atoms with Crippen LogP contribution in [-0.4, -0.2) is 30.3 Å². The van der Waals surface area contributed by atoms with Crippen LogP contribution in [0.2, 0.25) is 0 Å². The number of para-hydroxylation sites is 1. The standard InChI is InChI=1S/C13H18FNO3/c1-10(5-4-8-16)15-13(17)9-18-12-7-3-2-6-11(12)14/h2-3,6-7,10,16H,4-5,8-9H2,1H3,(H,15,17). The molecule has 0 heterocycles. The Kier molecular flexibility index (Phi) is 6.14. The highest BCUT2D eigenvalue weighted by Crippen LogP contribution is 2.14. The maximum Gasteiger partial charge on any atom is 0.258 e. The lowest BCUT2D eigenvalue weighted by atomic mass is 10.2. The smallest absolute Gasteiger partial charge is 0.258 e. The maximum atomic E-state index is 13.2. The fourth-order valence-corrected chi connectivity index (χ4v) is 1.49. The van der Waals surface area contributed by atoms with Gasteiger partial charge in [0.25, 0.3) is 5.91 Å². The number of aliphatic hydroxyl groups excluding tert-OH is 1. The summed E-state index contributed by atoms with van der Waals surface area (Å²) in [5.74, 6) is -0.724. The lowest BCUT2D eigenvalue weighted by Crippen LogP contribution is -2.36. The molecule has 1 aromatic carbocycles. The van der Waals surface area contributed by atoms with Crippen molar-refractivity contribution in [3.8, 4) is 5.75 Å². The summed E-state index contributed by atoms with van der Waals surface area (Å²) in [4.78, 5) is 11.5. The van der Waals surface area contributed by atoms with Gasteiger partial charge < -0.3 is 15.2 Å². The normalized spacial score (nSPS) is 11.9. The van der Waals surface area contributed by atoms with Gasteiger partial charge in [-0.25, -0.2) is 4.39 Å². The van der Waals surface area contributed by atoms with Gasteiger partial charge in [0.1, 0.15) is 0 Å². The largest absolute Gasteiger partial charge is 0.481 e. The first-order valence-corrected chi connectivity index (χ1v) is 5.91. The number of aliphatic hydroxyl groups is 1. The van der Waals surface area contributed by atoms with Crippen LogP contribution in [0.1, 0.15) is 19.8 Å². The Balaban J connectivity index is 2.31. The van der Waals surface area contributed by atoms with Crippen molar-refractivity contribution in [3.05, 3.63) is 30.1 Å². The van der Waals surface area contributed by atoms with Gasteiger partial charge in [0.05, 0.1) is 0 Å². The van der Waals surface area contributed by atoms with E-state index in [1.54, 1.807) is 12.1 Å². The molecule has 1 atom stereocenters. The Morgan fingerprint density at radius 2 is 2.22 bits per heavy atom. The van der Waals surface area contributed by atoms with Crippen molar-refractivity contribution in [2.75, 3.05) is 13.2 Å². The highest BCUT2D eigenvalue weighted by molar-refractivity contribution is 5.77. The molecule has 2 N–H and O–H groups in total. The van der Waals surface area contributed by atoms with Crippen LogP contribution in [0, 0.1) is 5.82 Å². The molecule has 0 bridgehead atoms. The Labute approximate surface area is 106 Å². The van der Waals surface area contributed by atoms with Gasteiger partial charge in [-0.05, 0) is 31.9 Å².